The third kappa shape index (κ3) is 9.74. The zero-order valence-corrected chi connectivity index (χ0v) is 19.4. The maximum atomic E-state index is 11.1. The Bertz CT molecular complexity index is 875. The molecule has 2 rings (SSSR count). The van der Waals surface area contributed by atoms with Gasteiger partial charge in [0.1, 0.15) is 17.2 Å². The van der Waals surface area contributed by atoms with Crippen LogP contribution < -0.4 is 4.74 Å². The molecular weight excluding hydrogens is 412 g/mol. The van der Waals surface area contributed by atoms with E-state index in [4.69, 9.17) is 9.29 Å². The Hall–Kier alpha value is -2.05. The van der Waals surface area contributed by atoms with Gasteiger partial charge in [0.25, 0.3) is 10.1 Å². The largest absolute Gasteiger partial charge is 0.508 e. The molecule has 0 amide bonds. The molecule has 0 atom stereocenters. The van der Waals surface area contributed by atoms with Gasteiger partial charge in [-0.05, 0) is 60.9 Å². The average Bonchev–Trinajstić information content (AvgIpc) is 2.74. The molecule has 6 heteroatoms. The molecule has 172 valence electrons. The Morgan fingerprint density at radius 1 is 0.742 bits per heavy atom. The first-order valence-electron chi connectivity index (χ1n) is 11.5. The van der Waals surface area contributed by atoms with E-state index in [-0.39, 0.29) is 10.6 Å². The van der Waals surface area contributed by atoms with Crippen LogP contribution >= 0.6 is 0 Å². The summed E-state index contributed by atoms with van der Waals surface area (Å²) in [5.41, 5.74) is 0.850. The molecule has 0 saturated heterocycles. The molecule has 0 aliphatic rings. The number of phenols is 1. The van der Waals surface area contributed by atoms with Crippen LogP contribution in [-0.4, -0.2) is 18.1 Å². The van der Waals surface area contributed by atoms with Crippen LogP contribution in [0.3, 0.4) is 0 Å². The predicted molar refractivity (Wildman–Crippen MR) is 125 cm³/mol. The second-order valence-electron chi connectivity index (χ2n) is 8.12. The number of ether oxygens (including phenoxy) is 1. The highest BCUT2D eigenvalue weighted by molar-refractivity contribution is 7.85. The minimum absolute atomic E-state index is 0.178. The van der Waals surface area contributed by atoms with Gasteiger partial charge in [-0.15, -0.1) is 0 Å². The van der Waals surface area contributed by atoms with Crippen LogP contribution in [0.15, 0.2) is 47.4 Å². The first kappa shape index (κ1) is 25.2. The molecule has 0 aliphatic heterocycles. The second kappa shape index (κ2) is 13.4. The van der Waals surface area contributed by atoms with E-state index < -0.39 is 10.1 Å². The van der Waals surface area contributed by atoms with Gasteiger partial charge in [-0.3, -0.25) is 4.55 Å². The molecule has 2 N–H and O–H groups in total. The highest BCUT2D eigenvalue weighted by Gasteiger charge is 2.10. The molecule has 0 spiro atoms. The molecule has 0 saturated carbocycles. The first-order valence-corrected chi connectivity index (χ1v) is 12.9. The van der Waals surface area contributed by atoms with E-state index in [1.807, 2.05) is 6.07 Å². The quantitative estimate of drug-likeness (QED) is 0.221. The zero-order chi connectivity index (χ0) is 22.5. The molecule has 0 aliphatic carbocycles. The van der Waals surface area contributed by atoms with Crippen LogP contribution in [0.25, 0.3) is 0 Å². The minimum atomic E-state index is -4.22. The summed E-state index contributed by atoms with van der Waals surface area (Å²) in [7, 11) is -4.22. The Morgan fingerprint density at radius 3 is 1.81 bits per heavy atom. The van der Waals surface area contributed by atoms with Gasteiger partial charge in [-0.1, -0.05) is 71.1 Å². The minimum Gasteiger partial charge on any atom is -0.508 e. The number of rotatable bonds is 15. The van der Waals surface area contributed by atoms with Gasteiger partial charge in [0.2, 0.25) is 0 Å². The van der Waals surface area contributed by atoms with E-state index in [1.54, 1.807) is 12.1 Å². The number of aryl methyl sites for hydroxylation is 1. The van der Waals surface area contributed by atoms with Crippen LogP contribution in [0.4, 0.5) is 0 Å². The van der Waals surface area contributed by atoms with Crippen LogP contribution in [0.1, 0.15) is 83.1 Å². The van der Waals surface area contributed by atoms with Crippen molar-refractivity contribution in [3.63, 3.8) is 0 Å². The maximum Gasteiger partial charge on any atom is 0.294 e. The number of hydrogen-bond donors (Lipinski definition) is 2. The van der Waals surface area contributed by atoms with Crippen LogP contribution in [0.2, 0.25) is 0 Å². The van der Waals surface area contributed by atoms with Gasteiger partial charge >= 0.3 is 0 Å². The number of aromatic hydroxyl groups is 1. The summed E-state index contributed by atoms with van der Waals surface area (Å²) in [6.07, 6.45) is 14.9. The summed E-state index contributed by atoms with van der Waals surface area (Å²) in [5.74, 6) is 1.30. The maximum absolute atomic E-state index is 11.1. The van der Waals surface area contributed by atoms with Crippen molar-refractivity contribution in [3.05, 3.63) is 48.0 Å². The second-order valence-corrected chi connectivity index (χ2v) is 9.55. The fraction of sp³-hybridized carbons (Fsp3) is 0.520. The summed E-state index contributed by atoms with van der Waals surface area (Å²) in [6, 6.07) is 10.7. The van der Waals surface area contributed by atoms with Crippen LogP contribution in [0.5, 0.6) is 17.2 Å². The molecule has 2 aromatic carbocycles. The highest BCUT2D eigenvalue weighted by atomic mass is 32.2. The molecule has 0 fully saturated rings. The van der Waals surface area contributed by atoms with E-state index >= 15 is 0 Å². The van der Waals surface area contributed by atoms with Gasteiger partial charge in [0.15, 0.2) is 0 Å². The Labute approximate surface area is 187 Å². The lowest BCUT2D eigenvalue weighted by atomic mass is 10.0. The SMILES string of the molecule is CCCCCCCCCCCCCc1cc(Oc2ccc(S(=O)(=O)O)cc2)ccc1O. The van der Waals surface area contributed by atoms with E-state index in [9.17, 15) is 13.5 Å². The number of phenolic OH excluding ortho intramolecular Hbond substituents is 1. The first-order chi connectivity index (χ1) is 14.9. The van der Waals surface area contributed by atoms with Crippen molar-refractivity contribution in [1.29, 1.82) is 0 Å². The highest BCUT2D eigenvalue weighted by Crippen LogP contribution is 2.29. The molecule has 0 radical (unpaired) electrons. The van der Waals surface area contributed by atoms with Crippen molar-refractivity contribution in [2.45, 2.75) is 88.9 Å². The third-order valence-electron chi connectivity index (χ3n) is 5.46. The fourth-order valence-electron chi connectivity index (χ4n) is 3.62. The monoisotopic (exact) mass is 448 g/mol. The predicted octanol–water partition coefficient (Wildman–Crippen LogP) is 7.28. The standard InChI is InChI=1S/C25H36O5S/c1-2-3-4-5-6-7-8-9-10-11-12-13-21-20-23(16-19-25(21)26)30-22-14-17-24(18-15-22)31(27,28)29/h14-20,26H,2-13H2,1H3,(H,27,28,29). The average molecular weight is 449 g/mol. The van der Waals surface area contributed by atoms with Gasteiger partial charge in [0.05, 0.1) is 4.90 Å². The normalized spacial score (nSPS) is 11.5. The summed E-state index contributed by atoms with van der Waals surface area (Å²) in [6.45, 7) is 2.25. The van der Waals surface area contributed by atoms with Crippen molar-refractivity contribution in [3.8, 4) is 17.2 Å². The van der Waals surface area contributed by atoms with E-state index in [0.717, 1.165) is 24.8 Å². The van der Waals surface area contributed by atoms with Crippen molar-refractivity contribution >= 4 is 10.1 Å². The lowest BCUT2D eigenvalue weighted by molar-refractivity contribution is 0.455. The number of benzene rings is 2. The molecule has 5 nitrogen and oxygen atoms in total. The molecule has 0 aromatic heterocycles. The van der Waals surface area contributed by atoms with Crippen LogP contribution in [-0.2, 0) is 16.5 Å². The van der Waals surface area contributed by atoms with Crippen LogP contribution in [0, 0.1) is 0 Å². The summed E-state index contributed by atoms with van der Waals surface area (Å²) in [4.78, 5) is -0.178. The lowest BCUT2D eigenvalue weighted by Crippen LogP contribution is -1.97. The fourth-order valence-corrected chi connectivity index (χ4v) is 4.10. The number of unbranched alkanes of at least 4 members (excludes halogenated alkanes) is 10. The van der Waals surface area contributed by atoms with Gasteiger partial charge in [-0.2, -0.15) is 8.42 Å². The Balaban J connectivity index is 1.71. The van der Waals surface area contributed by atoms with Crippen molar-refractivity contribution in [2.24, 2.45) is 0 Å². The Kier molecular flexibility index (Phi) is 10.9. The van der Waals surface area contributed by atoms with Crippen molar-refractivity contribution in [2.75, 3.05) is 0 Å². The molecule has 0 bridgehead atoms. The van der Waals surface area contributed by atoms with Gasteiger partial charge < -0.3 is 9.84 Å². The van der Waals surface area contributed by atoms with Crippen molar-refractivity contribution < 1.29 is 22.8 Å². The smallest absolute Gasteiger partial charge is 0.294 e. The Morgan fingerprint density at radius 2 is 1.26 bits per heavy atom. The van der Waals surface area contributed by atoms with Gasteiger partial charge in [-0.25, -0.2) is 0 Å². The molecule has 2 aromatic rings. The van der Waals surface area contributed by atoms with E-state index in [2.05, 4.69) is 6.92 Å². The molecule has 0 heterocycles. The summed E-state index contributed by atoms with van der Waals surface area (Å²) >= 11 is 0. The van der Waals surface area contributed by atoms with Gasteiger partial charge in [0, 0.05) is 0 Å². The lowest BCUT2D eigenvalue weighted by Gasteiger charge is -2.10. The topological polar surface area (TPSA) is 83.8 Å². The summed E-state index contributed by atoms with van der Waals surface area (Å²) in [5, 5.41) is 10.1. The number of hydrogen-bond acceptors (Lipinski definition) is 4. The van der Waals surface area contributed by atoms with Crippen molar-refractivity contribution in [1.82, 2.24) is 0 Å². The molecular formula is C25H36O5S. The summed E-state index contributed by atoms with van der Waals surface area (Å²) < 4.78 is 37.0. The molecule has 31 heavy (non-hydrogen) atoms. The zero-order valence-electron chi connectivity index (χ0n) is 18.6. The van der Waals surface area contributed by atoms with E-state index in [0.29, 0.717) is 11.5 Å². The third-order valence-corrected chi connectivity index (χ3v) is 6.33. The van der Waals surface area contributed by atoms with E-state index in [1.165, 1.54) is 82.1 Å². The molecule has 0 unspecified atom stereocenters.